The van der Waals surface area contributed by atoms with E-state index in [4.69, 9.17) is 10.00 Å². The van der Waals surface area contributed by atoms with E-state index in [2.05, 4.69) is 10.5 Å². The normalized spacial score (nSPS) is 10.0. The van der Waals surface area contributed by atoms with E-state index in [1.54, 1.807) is 12.1 Å². The molecule has 0 radical (unpaired) electrons. The third-order valence-corrected chi connectivity index (χ3v) is 2.48. The maximum atomic E-state index is 11.1. The van der Waals surface area contributed by atoms with Crippen molar-refractivity contribution >= 4 is 12.1 Å². The van der Waals surface area contributed by atoms with Gasteiger partial charge in [0.1, 0.15) is 17.9 Å². The smallest absolute Gasteiger partial charge is 0.254 e. The predicted molar refractivity (Wildman–Crippen MR) is 78.9 cm³/mol. The summed E-state index contributed by atoms with van der Waals surface area (Å²) in [7, 11) is 0. The first-order chi connectivity index (χ1) is 10.3. The summed E-state index contributed by atoms with van der Waals surface area (Å²) in [6.07, 6.45) is 1.28. The molecule has 0 unspecified atom stereocenters. The molecule has 2 aromatic rings. The van der Waals surface area contributed by atoms with Gasteiger partial charge in [0.05, 0.1) is 12.3 Å². The summed E-state index contributed by atoms with van der Waals surface area (Å²) in [6, 6.07) is 18.5. The van der Waals surface area contributed by atoms with Gasteiger partial charge >= 0.3 is 0 Å². The number of carbonyl (C=O) groups is 1. The maximum Gasteiger partial charge on any atom is 0.254 e. The van der Waals surface area contributed by atoms with Crippen LogP contribution in [0.25, 0.3) is 0 Å². The van der Waals surface area contributed by atoms with Crippen molar-refractivity contribution in [1.82, 2.24) is 5.43 Å². The predicted octanol–water partition coefficient (Wildman–Crippen LogP) is 2.84. The van der Waals surface area contributed by atoms with Crippen LogP contribution in [0.3, 0.4) is 0 Å². The minimum absolute atomic E-state index is 0.214. The second-order valence-electron chi connectivity index (χ2n) is 4.12. The third kappa shape index (κ3) is 4.80. The summed E-state index contributed by atoms with van der Waals surface area (Å²) in [4.78, 5) is 11.1. The van der Waals surface area contributed by atoms with Crippen molar-refractivity contribution in [2.45, 2.75) is 6.42 Å². The van der Waals surface area contributed by atoms with Crippen molar-refractivity contribution in [3.8, 4) is 17.6 Å². The van der Waals surface area contributed by atoms with E-state index in [9.17, 15) is 4.79 Å². The molecule has 0 aliphatic heterocycles. The van der Waals surface area contributed by atoms with Crippen LogP contribution in [0.15, 0.2) is 59.7 Å². The van der Waals surface area contributed by atoms with Crippen LogP contribution in [0.2, 0.25) is 0 Å². The molecule has 21 heavy (non-hydrogen) atoms. The Labute approximate surface area is 122 Å². The molecule has 2 rings (SSSR count). The van der Waals surface area contributed by atoms with E-state index < -0.39 is 5.91 Å². The highest BCUT2D eigenvalue weighted by Crippen LogP contribution is 2.21. The Hall–Kier alpha value is -3.13. The van der Waals surface area contributed by atoms with Crippen molar-refractivity contribution in [2.24, 2.45) is 5.10 Å². The van der Waals surface area contributed by atoms with Gasteiger partial charge in [-0.1, -0.05) is 30.3 Å². The minimum atomic E-state index is -0.439. The van der Waals surface area contributed by atoms with Crippen LogP contribution >= 0.6 is 0 Å². The SMILES string of the molecule is N#CCC(=O)NN=Cc1cccc(Oc2ccccc2)c1. The molecule has 0 heterocycles. The van der Waals surface area contributed by atoms with E-state index in [-0.39, 0.29) is 6.42 Å². The Morgan fingerprint density at radius 2 is 1.95 bits per heavy atom. The Balaban J connectivity index is 1.99. The molecule has 0 aliphatic carbocycles. The lowest BCUT2D eigenvalue weighted by Gasteiger charge is -2.05. The number of amides is 1. The van der Waals surface area contributed by atoms with Crippen molar-refractivity contribution in [1.29, 1.82) is 5.26 Å². The van der Waals surface area contributed by atoms with Gasteiger partial charge in [-0.05, 0) is 29.8 Å². The molecule has 0 saturated heterocycles. The first kappa shape index (κ1) is 14.3. The number of benzene rings is 2. The number of hydrazone groups is 1. The highest BCUT2D eigenvalue weighted by atomic mass is 16.5. The average Bonchev–Trinajstić information content (AvgIpc) is 2.49. The molecule has 104 valence electrons. The molecule has 1 amide bonds. The van der Waals surface area contributed by atoms with Gasteiger partial charge in [0.25, 0.3) is 5.91 Å². The lowest BCUT2D eigenvalue weighted by Crippen LogP contribution is -2.16. The quantitative estimate of drug-likeness (QED) is 0.675. The van der Waals surface area contributed by atoms with Crippen LogP contribution in [-0.4, -0.2) is 12.1 Å². The van der Waals surface area contributed by atoms with Gasteiger partial charge < -0.3 is 4.74 Å². The van der Waals surface area contributed by atoms with Crippen LogP contribution in [0, 0.1) is 11.3 Å². The zero-order valence-corrected chi connectivity index (χ0v) is 11.2. The zero-order valence-electron chi connectivity index (χ0n) is 11.2. The van der Waals surface area contributed by atoms with E-state index in [1.165, 1.54) is 6.21 Å². The fourth-order valence-electron chi connectivity index (χ4n) is 1.57. The number of nitrogens with one attached hydrogen (secondary N) is 1. The van der Waals surface area contributed by atoms with E-state index in [0.29, 0.717) is 5.75 Å². The molecule has 0 aromatic heterocycles. The number of ether oxygens (including phenoxy) is 1. The van der Waals surface area contributed by atoms with Crippen molar-refractivity contribution < 1.29 is 9.53 Å². The fourth-order valence-corrected chi connectivity index (χ4v) is 1.57. The summed E-state index contributed by atoms with van der Waals surface area (Å²) < 4.78 is 5.69. The van der Waals surface area contributed by atoms with Gasteiger partial charge in [-0.2, -0.15) is 10.4 Å². The lowest BCUT2D eigenvalue weighted by molar-refractivity contribution is -0.120. The molecule has 1 N–H and O–H groups in total. The molecule has 0 fully saturated rings. The second-order valence-corrected chi connectivity index (χ2v) is 4.12. The molecule has 5 nitrogen and oxygen atoms in total. The fraction of sp³-hybridized carbons (Fsp3) is 0.0625. The van der Waals surface area contributed by atoms with Gasteiger partial charge in [0.2, 0.25) is 0 Å². The minimum Gasteiger partial charge on any atom is -0.457 e. The lowest BCUT2D eigenvalue weighted by atomic mass is 10.2. The molecule has 0 spiro atoms. The summed E-state index contributed by atoms with van der Waals surface area (Å²) in [5, 5.41) is 12.1. The first-order valence-corrected chi connectivity index (χ1v) is 6.30. The topological polar surface area (TPSA) is 74.5 Å². The molecular weight excluding hydrogens is 266 g/mol. The molecule has 5 heteroatoms. The largest absolute Gasteiger partial charge is 0.457 e. The number of carbonyl (C=O) groups excluding carboxylic acids is 1. The average molecular weight is 279 g/mol. The Morgan fingerprint density at radius 3 is 2.71 bits per heavy atom. The number of para-hydroxylation sites is 1. The number of hydrogen-bond acceptors (Lipinski definition) is 4. The molecule has 2 aromatic carbocycles. The Kier molecular flexibility index (Phi) is 5.07. The monoisotopic (exact) mass is 279 g/mol. The van der Waals surface area contributed by atoms with Crippen LogP contribution < -0.4 is 10.2 Å². The molecular formula is C16H13N3O2. The first-order valence-electron chi connectivity index (χ1n) is 6.30. The van der Waals surface area contributed by atoms with Gasteiger partial charge in [-0.25, -0.2) is 5.43 Å². The highest BCUT2D eigenvalue weighted by Gasteiger charge is 1.98. The molecule has 0 bridgehead atoms. The van der Waals surface area contributed by atoms with Crippen LogP contribution in [-0.2, 0) is 4.79 Å². The van der Waals surface area contributed by atoms with Gasteiger partial charge in [-0.3, -0.25) is 4.79 Å². The summed E-state index contributed by atoms with van der Waals surface area (Å²) in [5.41, 5.74) is 3.05. The van der Waals surface area contributed by atoms with Crippen molar-refractivity contribution in [3.63, 3.8) is 0 Å². The number of hydrogen-bond donors (Lipinski definition) is 1. The highest BCUT2D eigenvalue weighted by molar-refractivity contribution is 5.83. The Bertz CT molecular complexity index is 675. The second kappa shape index (κ2) is 7.46. The van der Waals surface area contributed by atoms with Gasteiger partial charge in [0.15, 0.2) is 0 Å². The van der Waals surface area contributed by atoms with Gasteiger partial charge in [-0.15, -0.1) is 0 Å². The zero-order chi connectivity index (χ0) is 14.9. The molecule has 0 atom stereocenters. The van der Waals surface area contributed by atoms with Crippen molar-refractivity contribution in [2.75, 3.05) is 0 Å². The van der Waals surface area contributed by atoms with Crippen LogP contribution in [0.4, 0.5) is 0 Å². The third-order valence-electron chi connectivity index (χ3n) is 2.48. The van der Waals surface area contributed by atoms with E-state index >= 15 is 0 Å². The van der Waals surface area contributed by atoms with Crippen LogP contribution in [0.5, 0.6) is 11.5 Å². The maximum absolute atomic E-state index is 11.1. The standard InChI is InChI=1S/C16H13N3O2/c17-10-9-16(20)19-18-12-13-5-4-8-15(11-13)21-14-6-2-1-3-7-14/h1-8,11-12H,9H2,(H,19,20). The number of nitriles is 1. The summed E-state index contributed by atoms with van der Waals surface area (Å²) in [5.74, 6) is 0.979. The Morgan fingerprint density at radius 1 is 1.19 bits per heavy atom. The van der Waals surface area contributed by atoms with Crippen molar-refractivity contribution in [3.05, 3.63) is 60.2 Å². The molecule has 0 saturated carbocycles. The van der Waals surface area contributed by atoms with Crippen LogP contribution in [0.1, 0.15) is 12.0 Å². The number of rotatable bonds is 5. The van der Waals surface area contributed by atoms with E-state index in [0.717, 1.165) is 11.3 Å². The number of nitrogens with zero attached hydrogens (tertiary/aromatic N) is 2. The van der Waals surface area contributed by atoms with Gasteiger partial charge in [0, 0.05) is 0 Å². The van der Waals surface area contributed by atoms with E-state index in [1.807, 2.05) is 48.5 Å². The summed E-state index contributed by atoms with van der Waals surface area (Å²) >= 11 is 0. The summed E-state index contributed by atoms with van der Waals surface area (Å²) in [6.45, 7) is 0. The molecule has 0 aliphatic rings.